The highest BCUT2D eigenvalue weighted by molar-refractivity contribution is 5.84. The maximum Gasteiger partial charge on any atom is 0.237 e. The summed E-state index contributed by atoms with van der Waals surface area (Å²) in [6.07, 6.45) is 3.28. The number of amides is 2. The Morgan fingerprint density at radius 3 is 2.75 bits per heavy atom. The summed E-state index contributed by atoms with van der Waals surface area (Å²) in [4.78, 5) is 24.5. The van der Waals surface area contributed by atoms with E-state index in [2.05, 4.69) is 5.32 Å². The van der Waals surface area contributed by atoms with E-state index in [9.17, 15) is 9.59 Å². The Kier molecular flexibility index (Phi) is 5.25. The molecule has 5 nitrogen and oxygen atoms in total. The highest BCUT2D eigenvalue weighted by Crippen LogP contribution is 2.11. The van der Waals surface area contributed by atoms with E-state index in [0.717, 1.165) is 32.4 Å². The van der Waals surface area contributed by atoms with E-state index in [0.29, 0.717) is 6.42 Å². The summed E-state index contributed by atoms with van der Waals surface area (Å²) in [5.41, 5.74) is 5.17. The van der Waals surface area contributed by atoms with E-state index in [1.165, 1.54) is 0 Å². The number of unbranched alkanes of at least 4 members (excludes halogenated alkanes) is 1. The van der Waals surface area contributed by atoms with Crippen molar-refractivity contribution in [3.63, 3.8) is 0 Å². The Labute approximate surface area is 96.4 Å². The lowest BCUT2D eigenvalue weighted by atomic mass is 10.1. The first-order valence-corrected chi connectivity index (χ1v) is 5.93. The Morgan fingerprint density at radius 2 is 2.25 bits per heavy atom. The van der Waals surface area contributed by atoms with Gasteiger partial charge in [0.1, 0.15) is 0 Å². The molecule has 92 valence electrons. The van der Waals surface area contributed by atoms with Crippen LogP contribution in [0.2, 0.25) is 0 Å². The van der Waals surface area contributed by atoms with E-state index in [1.54, 1.807) is 4.90 Å². The average molecular weight is 227 g/mol. The lowest BCUT2D eigenvalue weighted by Gasteiger charge is -2.27. The molecule has 0 aromatic heterocycles. The second-order valence-corrected chi connectivity index (χ2v) is 4.24. The third-order valence-corrected chi connectivity index (χ3v) is 2.87. The lowest BCUT2D eigenvalue weighted by molar-refractivity contribution is -0.137. The van der Waals surface area contributed by atoms with Crippen molar-refractivity contribution < 1.29 is 9.59 Å². The van der Waals surface area contributed by atoms with Gasteiger partial charge in [-0.05, 0) is 19.4 Å². The summed E-state index contributed by atoms with van der Waals surface area (Å²) in [6, 6.07) is 0.136. The Hall–Kier alpha value is -1.10. The van der Waals surface area contributed by atoms with Crippen LogP contribution in [-0.4, -0.2) is 42.4 Å². The molecule has 0 radical (unpaired) electrons. The zero-order chi connectivity index (χ0) is 12.0. The van der Waals surface area contributed by atoms with Gasteiger partial charge < -0.3 is 16.0 Å². The van der Waals surface area contributed by atoms with Crippen LogP contribution in [-0.2, 0) is 9.59 Å². The zero-order valence-electron chi connectivity index (χ0n) is 9.87. The van der Waals surface area contributed by atoms with Crippen molar-refractivity contribution in [2.24, 2.45) is 5.73 Å². The fourth-order valence-corrected chi connectivity index (χ4v) is 1.97. The summed E-state index contributed by atoms with van der Waals surface area (Å²) in [6.45, 7) is 3.77. The second-order valence-electron chi connectivity index (χ2n) is 4.24. The van der Waals surface area contributed by atoms with Crippen LogP contribution in [0.1, 0.15) is 32.6 Å². The minimum absolute atomic E-state index is 0.0503. The quantitative estimate of drug-likeness (QED) is 0.662. The normalized spacial score (nSPS) is 19.7. The van der Waals surface area contributed by atoms with Crippen molar-refractivity contribution >= 4 is 11.8 Å². The second kappa shape index (κ2) is 6.48. The minimum Gasteiger partial charge on any atom is -0.368 e. The van der Waals surface area contributed by atoms with E-state index in [4.69, 9.17) is 5.73 Å². The van der Waals surface area contributed by atoms with Gasteiger partial charge in [-0.3, -0.25) is 9.59 Å². The molecule has 1 unspecified atom stereocenters. The van der Waals surface area contributed by atoms with E-state index >= 15 is 0 Å². The van der Waals surface area contributed by atoms with Gasteiger partial charge in [0.2, 0.25) is 11.8 Å². The van der Waals surface area contributed by atoms with Gasteiger partial charge in [-0.15, -0.1) is 0 Å². The summed E-state index contributed by atoms with van der Waals surface area (Å²) in [5, 5.41) is 3.19. The number of nitrogens with two attached hydrogens (primary N) is 1. The first-order chi connectivity index (χ1) is 7.65. The first kappa shape index (κ1) is 13.0. The molecule has 0 saturated carbocycles. The van der Waals surface area contributed by atoms with E-state index < -0.39 is 5.91 Å². The number of carbonyl (C=O) groups excluding carboxylic acids is 2. The van der Waals surface area contributed by atoms with Gasteiger partial charge in [0.05, 0.1) is 6.54 Å². The summed E-state index contributed by atoms with van der Waals surface area (Å²) < 4.78 is 0. The van der Waals surface area contributed by atoms with Crippen molar-refractivity contribution in [1.29, 1.82) is 0 Å². The predicted molar refractivity (Wildman–Crippen MR) is 61.7 cm³/mol. The maximum atomic E-state index is 11.9. The van der Waals surface area contributed by atoms with Crippen molar-refractivity contribution in [3.8, 4) is 0 Å². The molecule has 0 spiro atoms. The molecule has 0 aromatic carbocycles. The largest absolute Gasteiger partial charge is 0.368 e. The molecule has 1 heterocycles. The van der Waals surface area contributed by atoms with Gasteiger partial charge >= 0.3 is 0 Å². The van der Waals surface area contributed by atoms with Crippen LogP contribution >= 0.6 is 0 Å². The van der Waals surface area contributed by atoms with Crippen LogP contribution in [0.4, 0.5) is 0 Å². The van der Waals surface area contributed by atoms with Crippen molar-refractivity contribution in [2.75, 3.05) is 19.6 Å². The number of rotatable bonds is 6. The van der Waals surface area contributed by atoms with Crippen molar-refractivity contribution in [1.82, 2.24) is 10.2 Å². The molecule has 5 heteroatoms. The molecule has 0 bridgehead atoms. The number of nitrogens with zero attached hydrogens (tertiary/aromatic N) is 1. The summed E-state index contributed by atoms with van der Waals surface area (Å²) in [5.74, 6) is -0.383. The van der Waals surface area contributed by atoms with Crippen LogP contribution in [0, 0.1) is 0 Å². The molecule has 0 aromatic rings. The summed E-state index contributed by atoms with van der Waals surface area (Å²) >= 11 is 0. The van der Waals surface area contributed by atoms with Crippen LogP contribution in [0.3, 0.4) is 0 Å². The molecule has 1 aliphatic heterocycles. The fraction of sp³-hybridized carbons (Fsp3) is 0.818. The molecule has 3 N–H and O–H groups in total. The number of hydrogen-bond donors (Lipinski definition) is 2. The Morgan fingerprint density at radius 1 is 1.50 bits per heavy atom. The molecule has 1 atom stereocenters. The number of nitrogens with one attached hydrogen (secondary N) is 1. The molecule has 1 rings (SSSR count). The lowest BCUT2D eigenvalue weighted by Crippen LogP contribution is -2.46. The molecule has 2 amide bonds. The first-order valence-electron chi connectivity index (χ1n) is 5.93. The van der Waals surface area contributed by atoms with Crippen LogP contribution in [0.5, 0.6) is 0 Å². The van der Waals surface area contributed by atoms with Gasteiger partial charge in [-0.25, -0.2) is 0 Å². The van der Waals surface area contributed by atoms with Gasteiger partial charge in [-0.1, -0.05) is 13.3 Å². The molecule has 16 heavy (non-hydrogen) atoms. The van der Waals surface area contributed by atoms with E-state index in [1.807, 2.05) is 6.92 Å². The summed E-state index contributed by atoms with van der Waals surface area (Å²) in [7, 11) is 0. The standard InChI is InChI=1S/C11H21N3O2/c1-2-3-4-11(16)14(8-10(12)15)9-5-6-13-7-9/h9,13H,2-8H2,1H3,(H2,12,15). The fourth-order valence-electron chi connectivity index (χ4n) is 1.97. The molecule has 1 aliphatic rings. The average Bonchev–Trinajstić information content (AvgIpc) is 2.75. The minimum atomic E-state index is -0.434. The highest BCUT2D eigenvalue weighted by Gasteiger charge is 2.26. The zero-order valence-corrected chi connectivity index (χ0v) is 9.87. The van der Waals surface area contributed by atoms with Crippen LogP contribution < -0.4 is 11.1 Å². The smallest absolute Gasteiger partial charge is 0.237 e. The predicted octanol–water partition coefficient (Wildman–Crippen LogP) is -0.148. The van der Waals surface area contributed by atoms with Crippen LogP contribution in [0.15, 0.2) is 0 Å². The number of primary amides is 1. The van der Waals surface area contributed by atoms with Gasteiger partial charge in [0.25, 0.3) is 0 Å². The third-order valence-electron chi connectivity index (χ3n) is 2.87. The SMILES string of the molecule is CCCCC(=O)N(CC(N)=O)C1CCNC1. The number of carbonyl (C=O) groups is 2. The molecule has 0 aliphatic carbocycles. The van der Waals surface area contributed by atoms with Gasteiger partial charge in [0.15, 0.2) is 0 Å². The third kappa shape index (κ3) is 3.81. The van der Waals surface area contributed by atoms with Crippen molar-refractivity contribution in [3.05, 3.63) is 0 Å². The Balaban J connectivity index is 2.54. The topological polar surface area (TPSA) is 75.4 Å². The molecule has 1 fully saturated rings. The van der Waals surface area contributed by atoms with Gasteiger partial charge in [0, 0.05) is 19.0 Å². The maximum absolute atomic E-state index is 11.9. The van der Waals surface area contributed by atoms with Crippen LogP contribution in [0.25, 0.3) is 0 Å². The highest BCUT2D eigenvalue weighted by atomic mass is 16.2. The molecular weight excluding hydrogens is 206 g/mol. The van der Waals surface area contributed by atoms with Gasteiger partial charge in [-0.2, -0.15) is 0 Å². The van der Waals surface area contributed by atoms with Crippen molar-refractivity contribution in [2.45, 2.75) is 38.6 Å². The Bertz CT molecular complexity index is 250. The monoisotopic (exact) mass is 227 g/mol. The number of hydrogen-bond acceptors (Lipinski definition) is 3. The van der Waals surface area contributed by atoms with E-state index in [-0.39, 0.29) is 18.5 Å². The molecular formula is C11H21N3O2. The molecule has 1 saturated heterocycles.